The minimum Gasteiger partial charge on any atom is -0.454 e. The maximum Gasteiger partial charge on any atom is 0.327 e. The second-order valence-electron chi connectivity index (χ2n) is 5.70. The van der Waals surface area contributed by atoms with Crippen molar-refractivity contribution >= 4 is 29.5 Å². The molecule has 0 atom stereocenters. The molecule has 0 saturated carbocycles. The number of ether oxygens (including phenoxy) is 1. The van der Waals surface area contributed by atoms with E-state index in [0.717, 1.165) is 16.0 Å². The van der Waals surface area contributed by atoms with E-state index in [2.05, 4.69) is 5.32 Å². The van der Waals surface area contributed by atoms with Gasteiger partial charge in [0.2, 0.25) is 0 Å². The molecule has 24 heavy (non-hydrogen) atoms. The van der Waals surface area contributed by atoms with E-state index in [1.807, 2.05) is 19.9 Å². The molecule has 0 aliphatic carbocycles. The number of urea groups is 1. The molecule has 128 valence electrons. The first-order valence-corrected chi connectivity index (χ1v) is 7.35. The maximum atomic E-state index is 11.8. The van der Waals surface area contributed by atoms with Gasteiger partial charge < -0.3 is 15.0 Å². The third-order valence-electron chi connectivity index (χ3n) is 3.39. The summed E-state index contributed by atoms with van der Waals surface area (Å²) in [6.45, 7) is 2.75. The van der Waals surface area contributed by atoms with E-state index in [0.29, 0.717) is 5.69 Å². The van der Waals surface area contributed by atoms with Crippen molar-refractivity contribution in [2.24, 2.45) is 0 Å². The Bertz CT molecular complexity index is 681. The highest BCUT2D eigenvalue weighted by Gasteiger charge is 2.35. The van der Waals surface area contributed by atoms with Crippen molar-refractivity contribution in [2.75, 3.05) is 32.1 Å². The molecule has 0 unspecified atom stereocenters. The average molecular weight is 333 g/mol. The van der Waals surface area contributed by atoms with Crippen LogP contribution in [0.15, 0.2) is 18.2 Å². The summed E-state index contributed by atoms with van der Waals surface area (Å²) in [4.78, 5) is 48.7. The van der Waals surface area contributed by atoms with Crippen LogP contribution in [0.1, 0.15) is 11.1 Å². The van der Waals surface area contributed by atoms with E-state index in [4.69, 9.17) is 4.74 Å². The zero-order valence-corrected chi connectivity index (χ0v) is 13.8. The zero-order chi connectivity index (χ0) is 17.9. The Morgan fingerprint density at radius 2 is 1.79 bits per heavy atom. The second-order valence-corrected chi connectivity index (χ2v) is 5.70. The van der Waals surface area contributed by atoms with Crippen molar-refractivity contribution < 1.29 is 23.9 Å². The number of amides is 4. The molecule has 1 aliphatic heterocycles. The molecular formula is C16H19N3O5. The summed E-state index contributed by atoms with van der Waals surface area (Å²) in [5.41, 5.74) is 2.61. The zero-order valence-electron chi connectivity index (χ0n) is 13.8. The Hall–Kier alpha value is -2.90. The largest absolute Gasteiger partial charge is 0.454 e. The monoisotopic (exact) mass is 333 g/mol. The van der Waals surface area contributed by atoms with E-state index in [1.165, 1.54) is 11.9 Å². The van der Waals surface area contributed by atoms with Crippen LogP contribution in [0.4, 0.5) is 10.5 Å². The van der Waals surface area contributed by atoms with Gasteiger partial charge in [-0.25, -0.2) is 4.79 Å². The number of esters is 1. The van der Waals surface area contributed by atoms with Gasteiger partial charge in [0.05, 0.1) is 0 Å². The van der Waals surface area contributed by atoms with Crippen LogP contribution < -0.4 is 5.32 Å². The number of benzene rings is 1. The van der Waals surface area contributed by atoms with Crippen molar-refractivity contribution in [1.29, 1.82) is 0 Å². The van der Waals surface area contributed by atoms with E-state index < -0.39 is 37.0 Å². The molecule has 1 aromatic rings. The smallest absolute Gasteiger partial charge is 0.327 e. The van der Waals surface area contributed by atoms with Crippen LogP contribution in [0.25, 0.3) is 0 Å². The lowest BCUT2D eigenvalue weighted by Crippen LogP contribution is -2.37. The fourth-order valence-electron chi connectivity index (χ4n) is 2.39. The molecule has 1 aromatic carbocycles. The van der Waals surface area contributed by atoms with Gasteiger partial charge in [0.25, 0.3) is 11.8 Å². The number of hydrogen-bond donors (Lipinski definition) is 1. The lowest BCUT2D eigenvalue weighted by molar-refractivity contribution is -0.149. The number of nitrogens with one attached hydrogen (secondary N) is 1. The number of imide groups is 1. The van der Waals surface area contributed by atoms with E-state index in [-0.39, 0.29) is 6.54 Å². The Balaban J connectivity index is 1.82. The van der Waals surface area contributed by atoms with Gasteiger partial charge in [0.15, 0.2) is 6.61 Å². The maximum absolute atomic E-state index is 11.8. The van der Waals surface area contributed by atoms with Gasteiger partial charge in [0, 0.05) is 12.7 Å². The highest BCUT2D eigenvalue weighted by atomic mass is 16.5. The van der Waals surface area contributed by atoms with Crippen molar-refractivity contribution in [1.82, 2.24) is 9.80 Å². The van der Waals surface area contributed by atoms with Gasteiger partial charge in [0.1, 0.15) is 13.1 Å². The predicted octanol–water partition coefficient (Wildman–Crippen LogP) is 0.679. The average Bonchev–Trinajstić information content (AvgIpc) is 2.70. The number of hydrogen-bond acceptors (Lipinski definition) is 5. The summed E-state index contributed by atoms with van der Waals surface area (Å²) in [6.07, 6.45) is 0. The van der Waals surface area contributed by atoms with Crippen LogP contribution in [0.3, 0.4) is 0 Å². The quantitative estimate of drug-likeness (QED) is 0.631. The molecule has 2 rings (SSSR count). The Kier molecular flexibility index (Phi) is 5.18. The summed E-state index contributed by atoms with van der Waals surface area (Å²) >= 11 is 0. The molecule has 1 saturated heterocycles. The predicted molar refractivity (Wildman–Crippen MR) is 85.2 cm³/mol. The van der Waals surface area contributed by atoms with Crippen LogP contribution in [-0.2, 0) is 19.1 Å². The van der Waals surface area contributed by atoms with Gasteiger partial charge in [-0.2, -0.15) is 0 Å². The summed E-state index contributed by atoms with van der Waals surface area (Å²) < 4.78 is 4.81. The molecule has 1 N–H and O–H groups in total. The van der Waals surface area contributed by atoms with Crippen LogP contribution in [-0.4, -0.2) is 60.4 Å². The number of likely N-dealkylation sites (N-methyl/N-ethyl adjacent to an activating group) is 1. The summed E-state index contributed by atoms with van der Waals surface area (Å²) in [6, 6.07) is 5.00. The first-order valence-electron chi connectivity index (χ1n) is 7.35. The molecule has 8 heteroatoms. The van der Waals surface area contributed by atoms with Crippen molar-refractivity contribution in [3.8, 4) is 0 Å². The Morgan fingerprint density at radius 3 is 2.33 bits per heavy atom. The van der Waals surface area contributed by atoms with Crippen LogP contribution in [0.2, 0.25) is 0 Å². The fraction of sp³-hybridized carbons (Fsp3) is 0.375. The van der Waals surface area contributed by atoms with E-state index >= 15 is 0 Å². The van der Waals surface area contributed by atoms with E-state index in [9.17, 15) is 19.2 Å². The molecule has 0 bridgehead atoms. The number of rotatable bonds is 5. The van der Waals surface area contributed by atoms with Crippen molar-refractivity contribution in [3.63, 3.8) is 0 Å². The molecule has 8 nitrogen and oxygen atoms in total. The van der Waals surface area contributed by atoms with Crippen molar-refractivity contribution in [3.05, 3.63) is 29.3 Å². The van der Waals surface area contributed by atoms with Crippen LogP contribution >= 0.6 is 0 Å². The number of carbonyl (C=O) groups excluding carboxylic acids is 4. The number of carbonyl (C=O) groups is 4. The van der Waals surface area contributed by atoms with Gasteiger partial charge in [-0.05, 0) is 37.1 Å². The third kappa shape index (κ3) is 4.31. The molecule has 4 amide bonds. The lowest BCUT2D eigenvalue weighted by atomic mass is 10.1. The Labute approximate surface area is 139 Å². The van der Waals surface area contributed by atoms with Crippen molar-refractivity contribution in [2.45, 2.75) is 13.8 Å². The molecular weight excluding hydrogens is 314 g/mol. The molecule has 1 fully saturated rings. The highest BCUT2D eigenvalue weighted by molar-refractivity contribution is 6.04. The second kappa shape index (κ2) is 7.12. The van der Waals surface area contributed by atoms with Crippen LogP contribution in [0.5, 0.6) is 0 Å². The minimum absolute atomic E-state index is 0.0701. The molecule has 0 spiro atoms. The number of anilines is 1. The topological polar surface area (TPSA) is 96.0 Å². The molecule has 1 aliphatic rings. The minimum atomic E-state index is -0.817. The summed E-state index contributed by atoms with van der Waals surface area (Å²) in [7, 11) is 1.46. The van der Waals surface area contributed by atoms with Gasteiger partial charge in [-0.15, -0.1) is 0 Å². The van der Waals surface area contributed by atoms with Gasteiger partial charge >= 0.3 is 12.0 Å². The normalized spacial score (nSPS) is 14.1. The number of aryl methyl sites for hydroxylation is 2. The summed E-state index contributed by atoms with van der Waals surface area (Å²) in [5.74, 6) is -1.79. The number of nitrogens with zero attached hydrogens (tertiary/aromatic N) is 2. The first-order chi connectivity index (χ1) is 11.3. The summed E-state index contributed by atoms with van der Waals surface area (Å²) in [5, 5.41) is 2.63. The van der Waals surface area contributed by atoms with E-state index in [1.54, 1.807) is 12.1 Å². The van der Waals surface area contributed by atoms with Gasteiger partial charge in [-0.3, -0.25) is 19.3 Å². The molecule has 0 radical (unpaired) electrons. The van der Waals surface area contributed by atoms with Gasteiger partial charge in [-0.1, -0.05) is 6.07 Å². The molecule has 0 aromatic heterocycles. The SMILES string of the molecule is Cc1cc(C)cc(NC(=O)COC(=O)CN2C(=O)CN(C)C2=O)c1. The molecule has 1 heterocycles. The first kappa shape index (κ1) is 17.5. The highest BCUT2D eigenvalue weighted by Crippen LogP contribution is 2.13. The lowest BCUT2D eigenvalue weighted by Gasteiger charge is -2.13. The standard InChI is InChI=1S/C16H19N3O5/c1-10-4-11(2)6-12(5-10)17-13(20)9-24-15(22)8-19-14(21)7-18(3)16(19)23/h4-6H,7-9H2,1-3H3,(H,17,20). The third-order valence-corrected chi connectivity index (χ3v) is 3.39. The van der Waals surface area contributed by atoms with Crippen LogP contribution in [0, 0.1) is 13.8 Å². The fourth-order valence-corrected chi connectivity index (χ4v) is 2.39. The Morgan fingerprint density at radius 1 is 1.17 bits per heavy atom.